The van der Waals surface area contributed by atoms with E-state index in [1.54, 1.807) is 10.7 Å². The highest BCUT2D eigenvalue weighted by molar-refractivity contribution is 5.46. The van der Waals surface area contributed by atoms with E-state index in [0.717, 1.165) is 25.1 Å². The van der Waals surface area contributed by atoms with E-state index in [1.807, 2.05) is 38.5 Å². The molecule has 1 aromatic carbocycles. The van der Waals surface area contributed by atoms with Crippen LogP contribution in [0.1, 0.15) is 30.4 Å². The molecule has 0 aliphatic carbocycles. The molecule has 1 saturated heterocycles. The van der Waals surface area contributed by atoms with Crippen molar-refractivity contribution in [2.45, 2.75) is 32.4 Å². The molecule has 1 aliphatic heterocycles. The molecule has 3 rings (SSSR count). The SMILES string of the molecule is CCOc1cccc(CN2CCC(c3cnn(C)c3)C2)c1OC(F)F. The van der Waals surface area contributed by atoms with Gasteiger partial charge in [0.1, 0.15) is 0 Å². The third-order valence-corrected chi connectivity index (χ3v) is 4.43. The maximum absolute atomic E-state index is 12.8. The molecule has 1 atom stereocenters. The van der Waals surface area contributed by atoms with Crippen LogP contribution < -0.4 is 9.47 Å². The second-order valence-electron chi connectivity index (χ2n) is 6.22. The van der Waals surface area contributed by atoms with Crippen LogP contribution in [-0.2, 0) is 13.6 Å². The number of nitrogens with zero attached hydrogens (tertiary/aromatic N) is 3. The summed E-state index contributed by atoms with van der Waals surface area (Å²) in [7, 11) is 1.91. The van der Waals surface area contributed by atoms with Gasteiger partial charge in [-0.2, -0.15) is 13.9 Å². The molecule has 1 aliphatic rings. The monoisotopic (exact) mass is 351 g/mol. The lowest BCUT2D eigenvalue weighted by atomic mass is 10.0. The summed E-state index contributed by atoms with van der Waals surface area (Å²) >= 11 is 0. The van der Waals surface area contributed by atoms with Gasteiger partial charge in [0.15, 0.2) is 11.5 Å². The van der Waals surface area contributed by atoms with E-state index >= 15 is 0 Å². The molecule has 2 aromatic rings. The van der Waals surface area contributed by atoms with Crippen LogP contribution >= 0.6 is 0 Å². The van der Waals surface area contributed by atoms with Gasteiger partial charge in [-0.05, 0) is 31.5 Å². The smallest absolute Gasteiger partial charge is 0.387 e. The third kappa shape index (κ3) is 4.28. The van der Waals surface area contributed by atoms with Crippen molar-refractivity contribution in [2.24, 2.45) is 7.05 Å². The number of ether oxygens (including phenoxy) is 2. The van der Waals surface area contributed by atoms with Crippen LogP contribution in [0.2, 0.25) is 0 Å². The number of para-hydroxylation sites is 1. The highest BCUT2D eigenvalue weighted by Crippen LogP contribution is 2.35. The number of benzene rings is 1. The Labute approximate surface area is 146 Å². The van der Waals surface area contributed by atoms with Crippen LogP contribution in [0, 0.1) is 0 Å². The minimum atomic E-state index is -2.87. The number of rotatable bonds is 7. The minimum Gasteiger partial charge on any atom is -0.490 e. The Balaban J connectivity index is 1.73. The molecule has 0 N–H and O–H groups in total. The average molecular weight is 351 g/mol. The van der Waals surface area contributed by atoms with Gasteiger partial charge in [0.05, 0.1) is 12.8 Å². The second-order valence-corrected chi connectivity index (χ2v) is 6.22. The minimum absolute atomic E-state index is 0.143. The quantitative estimate of drug-likeness (QED) is 0.766. The number of aryl methyl sites for hydroxylation is 1. The standard InChI is InChI=1S/C18H23F2N3O2/c1-3-24-16-6-4-5-14(17(16)25-18(19)20)12-23-8-7-13(11-23)15-9-21-22(2)10-15/h4-6,9-10,13,18H,3,7-8,11-12H2,1-2H3. The molecule has 25 heavy (non-hydrogen) atoms. The molecule has 1 aromatic heterocycles. The summed E-state index contributed by atoms with van der Waals surface area (Å²) in [6, 6.07) is 5.29. The van der Waals surface area contributed by atoms with Gasteiger partial charge in [0.2, 0.25) is 0 Å². The Kier molecular flexibility index (Phi) is 5.53. The van der Waals surface area contributed by atoms with Crippen molar-refractivity contribution >= 4 is 0 Å². The fourth-order valence-corrected chi connectivity index (χ4v) is 3.32. The lowest BCUT2D eigenvalue weighted by Gasteiger charge is -2.20. The summed E-state index contributed by atoms with van der Waals surface area (Å²) in [6.45, 7) is 1.68. The molecule has 0 bridgehead atoms. The van der Waals surface area contributed by atoms with Crippen molar-refractivity contribution in [3.05, 3.63) is 41.7 Å². The van der Waals surface area contributed by atoms with Gasteiger partial charge in [-0.15, -0.1) is 0 Å². The second kappa shape index (κ2) is 7.82. The van der Waals surface area contributed by atoms with E-state index in [4.69, 9.17) is 9.47 Å². The van der Waals surface area contributed by atoms with Crippen molar-refractivity contribution in [2.75, 3.05) is 19.7 Å². The summed E-state index contributed by atoms with van der Waals surface area (Å²) in [5.41, 5.74) is 1.94. The Hall–Kier alpha value is -2.15. The molecule has 0 spiro atoms. The topological polar surface area (TPSA) is 39.5 Å². The Morgan fingerprint density at radius 1 is 1.36 bits per heavy atom. The fourth-order valence-electron chi connectivity index (χ4n) is 3.32. The zero-order valence-electron chi connectivity index (χ0n) is 14.5. The van der Waals surface area contributed by atoms with Crippen molar-refractivity contribution in [1.29, 1.82) is 0 Å². The van der Waals surface area contributed by atoms with Crippen LogP contribution in [0.3, 0.4) is 0 Å². The van der Waals surface area contributed by atoms with Gasteiger partial charge in [0, 0.05) is 37.8 Å². The van der Waals surface area contributed by atoms with Crippen LogP contribution in [0.4, 0.5) is 8.78 Å². The molecule has 2 heterocycles. The molecular formula is C18H23F2N3O2. The largest absolute Gasteiger partial charge is 0.490 e. The first-order chi connectivity index (χ1) is 12.1. The molecule has 136 valence electrons. The van der Waals surface area contributed by atoms with E-state index in [2.05, 4.69) is 10.00 Å². The third-order valence-electron chi connectivity index (χ3n) is 4.43. The van der Waals surface area contributed by atoms with Crippen LogP contribution in [0.15, 0.2) is 30.6 Å². The normalized spacial score (nSPS) is 18.0. The van der Waals surface area contributed by atoms with Crippen molar-refractivity contribution in [3.8, 4) is 11.5 Å². The van der Waals surface area contributed by atoms with Gasteiger partial charge in [0.25, 0.3) is 0 Å². The molecule has 5 nitrogen and oxygen atoms in total. The lowest BCUT2D eigenvalue weighted by Crippen LogP contribution is -2.20. The molecule has 0 amide bonds. The van der Waals surface area contributed by atoms with E-state index in [9.17, 15) is 8.78 Å². The number of alkyl halides is 2. The summed E-state index contributed by atoms with van der Waals surface area (Å²) in [5, 5.41) is 4.23. The number of hydrogen-bond donors (Lipinski definition) is 0. The molecule has 7 heteroatoms. The molecule has 0 saturated carbocycles. The van der Waals surface area contributed by atoms with Gasteiger partial charge in [-0.1, -0.05) is 12.1 Å². The van der Waals surface area contributed by atoms with Gasteiger partial charge in [-0.25, -0.2) is 0 Å². The van der Waals surface area contributed by atoms with E-state index in [-0.39, 0.29) is 5.75 Å². The first-order valence-electron chi connectivity index (χ1n) is 8.47. The van der Waals surface area contributed by atoms with Crippen LogP contribution in [0.5, 0.6) is 11.5 Å². The first-order valence-corrected chi connectivity index (χ1v) is 8.47. The Morgan fingerprint density at radius 2 is 2.20 bits per heavy atom. The van der Waals surface area contributed by atoms with Crippen LogP contribution in [0.25, 0.3) is 0 Å². The predicted molar refractivity (Wildman–Crippen MR) is 90.1 cm³/mol. The fraction of sp³-hybridized carbons (Fsp3) is 0.500. The van der Waals surface area contributed by atoms with Gasteiger partial charge in [-0.3, -0.25) is 9.58 Å². The molecule has 1 fully saturated rings. The highest BCUT2D eigenvalue weighted by Gasteiger charge is 2.26. The number of halogens is 2. The van der Waals surface area contributed by atoms with Gasteiger partial charge < -0.3 is 9.47 Å². The Morgan fingerprint density at radius 3 is 2.88 bits per heavy atom. The highest BCUT2D eigenvalue weighted by atomic mass is 19.3. The summed E-state index contributed by atoms with van der Waals surface area (Å²) < 4.78 is 37.6. The van der Waals surface area contributed by atoms with E-state index < -0.39 is 6.61 Å². The number of aromatic nitrogens is 2. The first kappa shape index (κ1) is 17.7. The Bertz CT molecular complexity index is 705. The lowest BCUT2D eigenvalue weighted by molar-refractivity contribution is -0.0523. The molecule has 1 unspecified atom stereocenters. The van der Waals surface area contributed by atoms with Crippen molar-refractivity contribution in [3.63, 3.8) is 0 Å². The van der Waals surface area contributed by atoms with E-state index in [0.29, 0.717) is 24.8 Å². The molecular weight excluding hydrogens is 328 g/mol. The maximum Gasteiger partial charge on any atom is 0.387 e. The average Bonchev–Trinajstić information content (AvgIpc) is 3.19. The van der Waals surface area contributed by atoms with Gasteiger partial charge >= 0.3 is 6.61 Å². The van der Waals surface area contributed by atoms with E-state index in [1.165, 1.54) is 5.56 Å². The number of hydrogen-bond acceptors (Lipinski definition) is 4. The summed E-state index contributed by atoms with van der Waals surface area (Å²) in [5.74, 6) is 0.927. The summed E-state index contributed by atoms with van der Waals surface area (Å²) in [4.78, 5) is 2.25. The van der Waals surface area contributed by atoms with Crippen molar-refractivity contribution < 1.29 is 18.3 Å². The van der Waals surface area contributed by atoms with Crippen molar-refractivity contribution in [1.82, 2.24) is 14.7 Å². The predicted octanol–water partition coefficient (Wildman–Crippen LogP) is 3.41. The summed E-state index contributed by atoms with van der Waals surface area (Å²) in [6.07, 6.45) is 4.96. The zero-order valence-corrected chi connectivity index (χ0v) is 14.5. The maximum atomic E-state index is 12.8. The zero-order chi connectivity index (χ0) is 17.8. The van der Waals surface area contributed by atoms with Crippen LogP contribution in [-0.4, -0.2) is 41.0 Å². The number of likely N-dealkylation sites (tertiary alicyclic amines) is 1. The molecule has 0 radical (unpaired) electrons.